The van der Waals surface area contributed by atoms with Gasteiger partial charge in [0.1, 0.15) is 5.82 Å². The molecule has 1 aliphatic heterocycles. The van der Waals surface area contributed by atoms with Crippen LogP contribution in [0.4, 0.5) is 4.39 Å². The summed E-state index contributed by atoms with van der Waals surface area (Å²) in [6.45, 7) is 3.10. The van der Waals surface area contributed by atoms with Gasteiger partial charge in [-0.05, 0) is 24.3 Å². The molecule has 32 heavy (non-hydrogen) atoms. The Labute approximate surface area is 199 Å². The molecule has 4 rings (SSSR count). The van der Waals surface area contributed by atoms with Crippen molar-refractivity contribution in [2.45, 2.75) is 11.7 Å². The van der Waals surface area contributed by atoms with Crippen molar-refractivity contribution in [3.8, 4) is 11.4 Å². The Morgan fingerprint density at radius 2 is 1.84 bits per heavy atom. The van der Waals surface area contributed by atoms with E-state index in [1.54, 1.807) is 35.2 Å². The number of benzene rings is 2. The smallest absolute Gasteiger partial charge is 0.233 e. The molecular weight excluding hydrogens is 474 g/mol. The first-order valence-electron chi connectivity index (χ1n) is 9.94. The summed E-state index contributed by atoms with van der Waals surface area (Å²) in [6.07, 6.45) is 0. The van der Waals surface area contributed by atoms with Gasteiger partial charge in [-0.1, -0.05) is 53.2 Å². The Kier molecular flexibility index (Phi) is 7.20. The summed E-state index contributed by atoms with van der Waals surface area (Å²) in [5.74, 6) is 6.50. The van der Waals surface area contributed by atoms with Crippen molar-refractivity contribution in [1.29, 1.82) is 0 Å². The van der Waals surface area contributed by atoms with E-state index in [2.05, 4.69) is 15.1 Å². The average Bonchev–Trinajstić information content (AvgIpc) is 3.14. The normalized spacial score (nSPS) is 14.7. The number of aromatic nitrogens is 3. The van der Waals surface area contributed by atoms with Crippen LogP contribution >= 0.6 is 35.0 Å². The summed E-state index contributed by atoms with van der Waals surface area (Å²) in [6, 6.07) is 11.8. The van der Waals surface area contributed by atoms with Crippen LogP contribution in [0.1, 0.15) is 5.56 Å². The van der Waals surface area contributed by atoms with E-state index in [1.165, 1.54) is 22.5 Å². The first kappa shape index (κ1) is 22.8. The SMILES string of the molecule is Nn1c(SCC(=O)N2CCN(Cc3ccccc3F)CC2)nnc1-c1ccc(Cl)cc1Cl. The molecule has 1 saturated heterocycles. The molecule has 1 fully saturated rings. The lowest BCUT2D eigenvalue weighted by atomic mass is 10.2. The number of nitrogens with zero attached hydrogens (tertiary/aromatic N) is 5. The Morgan fingerprint density at radius 3 is 2.56 bits per heavy atom. The number of amides is 1. The van der Waals surface area contributed by atoms with Crippen molar-refractivity contribution in [3.63, 3.8) is 0 Å². The monoisotopic (exact) mass is 494 g/mol. The Bertz CT molecular complexity index is 1120. The van der Waals surface area contributed by atoms with Crippen molar-refractivity contribution < 1.29 is 9.18 Å². The van der Waals surface area contributed by atoms with Crippen LogP contribution in [-0.4, -0.2) is 62.5 Å². The molecule has 2 N–H and O–H groups in total. The average molecular weight is 495 g/mol. The third-order valence-electron chi connectivity index (χ3n) is 5.24. The Balaban J connectivity index is 1.30. The molecule has 7 nitrogen and oxygen atoms in total. The van der Waals surface area contributed by atoms with Crippen LogP contribution in [-0.2, 0) is 11.3 Å². The van der Waals surface area contributed by atoms with Crippen molar-refractivity contribution in [3.05, 3.63) is 63.9 Å². The summed E-state index contributed by atoms with van der Waals surface area (Å²) in [7, 11) is 0. The van der Waals surface area contributed by atoms with Crippen molar-refractivity contribution in [1.82, 2.24) is 24.7 Å². The van der Waals surface area contributed by atoms with E-state index >= 15 is 0 Å². The number of hydrogen-bond donors (Lipinski definition) is 1. The molecule has 1 aromatic heterocycles. The lowest BCUT2D eigenvalue weighted by Crippen LogP contribution is -2.48. The van der Waals surface area contributed by atoms with E-state index in [1.807, 2.05) is 6.07 Å². The number of carbonyl (C=O) groups is 1. The fraction of sp³-hybridized carbons (Fsp3) is 0.286. The standard InChI is InChI=1S/C21H21Cl2FN6OS/c22-15-5-6-16(17(23)11-15)20-26-27-21(30(20)25)32-13-19(31)29-9-7-28(8-10-29)12-14-3-1-2-4-18(14)24/h1-6,11H,7-10,12-13,25H2. The van der Waals surface area contributed by atoms with Gasteiger partial charge in [0.05, 0.1) is 10.8 Å². The zero-order valence-corrected chi connectivity index (χ0v) is 19.4. The second-order valence-corrected chi connectivity index (χ2v) is 9.12. The summed E-state index contributed by atoms with van der Waals surface area (Å²) < 4.78 is 15.2. The van der Waals surface area contributed by atoms with E-state index in [-0.39, 0.29) is 17.5 Å². The maximum absolute atomic E-state index is 13.9. The molecule has 0 bridgehead atoms. The van der Waals surface area contributed by atoms with Gasteiger partial charge in [-0.15, -0.1) is 10.2 Å². The zero-order valence-electron chi connectivity index (χ0n) is 17.0. The maximum atomic E-state index is 13.9. The third kappa shape index (κ3) is 5.17. The maximum Gasteiger partial charge on any atom is 0.233 e. The number of halogens is 3. The van der Waals surface area contributed by atoms with E-state index in [4.69, 9.17) is 29.0 Å². The second kappa shape index (κ2) is 10.1. The summed E-state index contributed by atoms with van der Waals surface area (Å²) in [4.78, 5) is 16.6. The van der Waals surface area contributed by atoms with E-state index in [9.17, 15) is 9.18 Å². The number of nitrogens with two attached hydrogens (primary N) is 1. The summed E-state index contributed by atoms with van der Waals surface area (Å²) >= 11 is 13.4. The molecule has 1 aliphatic rings. The minimum Gasteiger partial charge on any atom is -0.339 e. The van der Waals surface area contributed by atoms with Gasteiger partial charge in [0, 0.05) is 48.9 Å². The molecule has 0 aliphatic carbocycles. The fourth-order valence-electron chi connectivity index (χ4n) is 3.47. The van der Waals surface area contributed by atoms with E-state index in [0.717, 1.165) is 0 Å². The van der Waals surface area contributed by atoms with Crippen LogP contribution in [0, 0.1) is 5.82 Å². The van der Waals surface area contributed by atoms with Gasteiger partial charge in [0.2, 0.25) is 11.1 Å². The second-order valence-electron chi connectivity index (χ2n) is 7.34. The molecular formula is C21H21Cl2FN6OS. The molecule has 2 aromatic carbocycles. The number of hydrogen-bond acceptors (Lipinski definition) is 6. The predicted molar refractivity (Wildman–Crippen MR) is 125 cm³/mol. The third-order valence-corrected chi connectivity index (χ3v) is 6.71. The van der Waals surface area contributed by atoms with Gasteiger partial charge < -0.3 is 10.7 Å². The van der Waals surface area contributed by atoms with E-state index in [0.29, 0.717) is 64.9 Å². The molecule has 11 heteroatoms. The number of thioether (sulfide) groups is 1. The van der Waals surface area contributed by atoms with Crippen LogP contribution < -0.4 is 5.84 Å². The van der Waals surface area contributed by atoms with Crippen LogP contribution in [0.25, 0.3) is 11.4 Å². The number of nitrogen functional groups attached to an aromatic ring is 1. The molecule has 0 spiro atoms. The van der Waals surface area contributed by atoms with Crippen LogP contribution in [0.2, 0.25) is 10.0 Å². The Morgan fingerprint density at radius 1 is 1.09 bits per heavy atom. The molecule has 1 amide bonds. The van der Waals surface area contributed by atoms with Gasteiger partial charge in [-0.3, -0.25) is 9.69 Å². The number of rotatable bonds is 6. The molecule has 2 heterocycles. The molecule has 0 unspecified atom stereocenters. The quantitative estimate of drug-likeness (QED) is 0.416. The largest absolute Gasteiger partial charge is 0.339 e. The van der Waals surface area contributed by atoms with Gasteiger partial charge in [0.15, 0.2) is 5.82 Å². The highest BCUT2D eigenvalue weighted by Gasteiger charge is 2.23. The van der Waals surface area contributed by atoms with Gasteiger partial charge in [0.25, 0.3) is 0 Å². The van der Waals surface area contributed by atoms with Crippen LogP contribution in [0.15, 0.2) is 47.6 Å². The molecule has 0 radical (unpaired) electrons. The minimum atomic E-state index is -0.201. The summed E-state index contributed by atoms with van der Waals surface area (Å²) in [5.41, 5.74) is 1.27. The van der Waals surface area contributed by atoms with Crippen molar-refractivity contribution >= 4 is 40.9 Å². The molecule has 168 valence electrons. The van der Waals surface area contributed by atoms with Crippen molar-refractivity contribution in [2.24, 2.45) is 0 Å². The number of piperazine rings is 1. The molecule has 0 saturated carbocycles. The first-order valence-corrected chi connectivity index (χ1v) is 11.7. The van der Waals surface area contributed by atoms with Crippen LogP contribution in [0.3, 0.4) is 0 Å². The Hall–Kier alpha value is -2.33. The fourth-order valence-corrected chi connectivity index (χ4v) is 4.72. The predicted octanol–water partition coefficient (Wildman–Crippen LogP) is 3.54. The van der Waals surface area contributed by atoms with Gasteiger partial charge in [-0.2, -0.15) is 0 Å². The van der Waals surface area contributed by atoms with E-state index < -0.39 is 0 Å². The molecule has 3 aromatic rings. The molecule has 0 atom stereocenters. The number of carbonyl (C=O) groups excluding carboxylic acids is 1. The first-order chi connectivity index (χ1) is 15.4. The highest BCUT2D eigenvalue weighted by Crippen LogP contribution is 2.30. The zero-order chi connectivity index (χ0) is 22.7. The highest BCUT2D eigenvalue weighted by molar-refractivity contribution is 7.99. The topological polar surface area (TPSA) is 80.3 Å². The van der Waals surface area contributed by atoms with Gasteiger partial charge in [-0.25, -0.2) is 9.07 Å². The van der Waals surface area contributed by atoms with Gasteiger partial charge >= 0.3 is 0 Å². The minimum absolute atomic E-state index is 0.00498. The van der Waals surface area contributed by atoms with Crippen LogP contribution in [0.5, 0.6) is 0 Å². The highest BCUT2D eigenvalue weighted by atomic mass is 35.5. The lowest BCUT2D eigenvalue weighted by Gasteiger charge is -2.34. The van der Waals surface area contributed by atoms with Crippen molar-refractivity contribution in [2.75, 3.05) is 37.8 Å². The lowest BCUT2D eigenvalue weighted by molar-refractivity contribution is -0.130. The summed E-state index contributed by atoms with van der Waals surface area (Å²) in [5, 5.41) is 9.52.